The number of carbonyl (C=O) groups is 1. The van der Waals surface area contributed by atoms with Gasteiger partial charge in [-0.3, -0.25) is 4.79 Å². The largest absolute Gasteiger partial charge is 0.495 e. The zero-order chi connectivity index (χ0) is 23.3. The lowest BCUT2D eigenvalue weighted by molar-refractivity contribution is -0.116. The number of amides is 1. The number of nitrogens with zero attached hydrogens (tertiary/aromatic N) is 1. The monoisotopic (exact) mass is 460 g/mol. The molecule has 0 heterocycles. The molecular weight excluding hydrogens is 438 g/mol. The summed E-state index contributed by atoms with van der Waals surface area (Å²) in [5.41, 5.74) is 1.68. The Morgan fingerprint density at radius 1 is 1.03 bits per heavy atom. The molecule has 0 atom stereocenters. The topological polar surface area (TPSA) is 75.7 Å². The zero-order valence-corrected chi connectivity index (χ0v) is 18.3. The van der Waals surface area contributed by atoms with Crippen molar-refractivity contribution >= 4 is 21.6 Å². The fourth-order valence-corrected chi connectivity index (χ4v) is 4.53. The Labute approximate surface area is 185 Å². The zero-order valence-electron chi connectivity index (χ0n) is 17.5. The second kappa shape index (κ2) is 9.88. The van der Waals surface area contributed by atoms with Gasteiger partial charge in [-0.2, -0.15) is 4.31 Å². The Morgan fingerprint density at radius 2 is 1.72 bits per heavy atom. The van der Waals surface area contributed by atoms with Gasteiger partial charge in [0.15, 0.2) is 0 Å². The highest BCUT2D eigenvalue weighted by Crippen LogP contribution is 2.26. The summed E-state index contributed by atoms with van der Waals surface area (Å²) in [6.45, 7) is 0.985. The second-order valence-electron chi connectivity index (χ2n) is 7.08. The van der Waals surface area contributed by atoms with Gasteiger partial charge in [-0.15, -0.1) is 0 Å². The number of rotatable bonds is 8. The summed E-state index contributed by atoms with van der Waals surface area (Å²) in [6, 6.07) is 15.3. The highest BCUT2D eigenvalue weighted by molar-refractivity contribution is 7.89. The molecule has 0 unspecified atom stereocenters. The fraction of sp³-hybridized carbons (Fsp3) is 0.174. The van der Waals surface area contributed by atoms with E-state index in [4.69, 9.17) is 4.74 Å². The number of ether oxygens (including phenoxy) is 1. The Bertz CT molecular complexity index is 1210. The van der Waals surface area contributed by atoms with Crippen molar-refractivity contribution in [3.63, 3.8) is 0 Å². The molecule has 3 aromatic rings. The van der Waals surface area contributed by atoms with Crippen LogP contribution >= 0.6 is 0 Å². The lowest BCUT2D eigenvalue weighted by atomic mass is 10.2. The Morgan fingerprint density at radius 3 is 2.38 bits per heavy atom. The van der Waals surface area contributed by atoms with Crippen LogP contribution in [-0.2, 0) is 21.4 Å². The van der Waals surface area contributed by atoms with Crippen molar-refractivity contribution in [2.24, 2.45) is 0 Å². The van der Waals surface area contributed by atoms with E-state index < -0.39 is 39.0 Å². The number of benzene rings is 3. The van der Waals surface area contributed by atoms with Crippen molar-refractivity contribution in [2.45, 2.75) is 18.4 Å². The summed E-state index contributed by atoms with van der Waals surface area (Å²) in [7, 11) is -2.93. The molecule has 3 aromatic carbocycles. The summed E-state index contributed by atoms with van der Waals surface area (Å²) >= 11 is 0. The van der Waals surface area contributed by atoms with Crippen LogP contribution in [0.2, 0.25) is 0 Å². The molecule has 0 fully saturated rings. The van der Waals surface area contributed by atoms with Gasteiger partial charge in [0.1, 0.15) is 22.3 Å². The summed E-state index contributed by atoms with van der Waals surface area (Å²) in [6.07, 6.45) is 0. The highest BCUT2D eigenvalue weighted by Gasteiger charge is 2.29. The summed E-state index contributed by atoms with van der Waals surface area (Å²) in [5.74, 6) is -1.65. The first-order chi connectivity index (χ1) is 15.2. The van der Waals surface area contributed by atoms with Crippen LogP contribution in [0.25, 0.3) is 0 Å². The average molecular weight is 461 g/mol. The Balaban J connectivity index is 1.92. The smallest absolute Gasteiger partial charge is 0.246 e. The van der Waals surface area contributed by atoms with Gasteiger partial charge in [0, 0.05) is 6.54 Å². The van der Waals surface area contributed by atoms with Crippen molar-refractivity contribution < 1.29 is 26.7 Å². The minimum Gasteiger partial charge on any atom is -0.495 e. The molecule has 6 nitrogen and oxygen atoms in total. The molecule has 32 heavy (non-hydrogen) atoms. The summed E-state index contributed by atoms with van der Waals surface area (Å²) in [5, 5.41) is 2.64. The predicted octanol–water partition coefficient (Wildman–Crippen LogP) is 4.11. The third-order valence-corrected chi connectivity index (χ3v) is 6.50. The van der Waals surface area contributed by atoms with Crippen molar-refractivity contribution in [2.75, 3.05) is 19.0 Å². The van der Waals surface area contributed by atoms with Crippen molar-refractivity contribution in [1.29, 1.82) is 0 Å². The molecule has 0 bridgehead atoms. The Hall–Kier alpha value is -3.30. The first-order valence-corrected chi connectivity index (χ1v) is 11.1. The van der Waals surface area contributed by atoms with E-state index in [1.54, 1.807) is 18.2 Å². The van der Waals surface area contributed by atoms with Crippen LogP contribution in [0, 0.1) is 18.6 Å². The Kier molecular flexibility index (Phi) is 7.22. The molecule has 168 valence electrons. The van der Waals surface area contributed by atoms with E-state index in [0.717, 1.165) is 22.0 Å². The van der Waals surface area contributed by atoms with Crippen LogP contribution in [0.3, 0.4) is 0 Å². The number of hydrogen-bond donors (Lipinski definition) is 1. The second-order valence-corrected chi connectivity index (χ2v) is 8.99. The van der Waals surface area contributed by atoms with E-state index in [2.05, 4.69) is 5.32 Å². The van der Waals surface area contributed by atoms with Crippen molar-refractivity contribution in [1.82, 2.24) is 4.31 Å². The predicted molar refractivity (Wildman–Crippen MR) is 117 cm³/mol. The third-order valence-electron chi connectivity index (χ3n) is 4.68. The molecule has 0 saturated carbocycles. The molecule has 3 rings (SSSR count). The van der Waals surface area contributed by atoms with Gasteiger partial charge in [0.2, 0.25) is 15.9 Å². The van der Waals surface area contributed by atoms with E-state index in [9.17, 15) is 22.0 Å². The van der Waals surface area contributed by atoms with Gasteiger partial charge < -0.3 is 10.1 Å². The number of hydrogen-bond acceptors (Lipinski definition) is 4. The molecular formula is C23H22F2N2O4S. The van der Waals surface area contributed by atoms with E-state index >= 15 is 0 Å². The molecule has 1 amide bonds. The molecule has 1 N–H and O–H groups in total. The third kappa shape index (κ3) is 5.49. The first-order valence-electron chi connectivity index (χ1n) is 9.64. The number of anilines is 1. The van der Waals surface area contributed by atoms with Crippen LogP contribution in [0.1, 0.15) is 11.1 Å². The molecule has 0 aliphatic rings. The van der Waals surface area contributed by atoms with Crippen LogP contribution in [0.15, 0.2) is 71.6 Å². The number of halogens is 2. The van der Waals surface area contributed by atoms with E-state index in [-0.39, 0.29) is 6.54 Å². The number of nitrogens with one attached hydrogen (secondary N) is 1. The van der Waals surface area contributed by atoms with E-state index in [1.807, 2.05) is 6.92 Å². The van der Waals surface area contributed by atoms with Gasteiger partial charge in [-0.05, 0) is 54.4 Å². The lowest BCUT2D eigenvalue weighted by Gasteiger charge is -2.22. The number of carbonyl (C=O) groups excluding carboxylic acids is 1. The molecule has 0 saturated heterocycles. The highest BCUT2D eigenvalue weighted by atomic mass is 32.2. The van der Waals surface area contributed by atoms with E-state index in [1.165, 1.54) is 43.5 Å². The number of sulfonamides is 1. The first kappa shape index (κ1) is 23.4. The maximum absolute atomic E-state index is 14.3. The quantitative estimate of drug-likeness (QED) is 0.549. The molecule has 0 aliphatic carbocycles. The minimum atomic E-state index is -4.38. The minimum absolute atomic E-state index is 0.255. The van der Waals surface area contributed by atoms with Crippen LogP contribution in [-0.4, -0.2) is 32.3 Å². The average Bonchev–Trinajstić information content (AvgIpc) is 2.75. The normalized spacial score (nSPS) is 11.4. The van der Waals surface area contributed by atoms with Gasteiger partial charge in [-0.25, -0.2) is 17.2 Å². The fourth-order valence-electron chi connectivity index (χ4n) is 3.08. The van der Waals surface area contributed by atoms with Crippen LogP contribution in [0.4, 0.5) is 14.5 Å². The van der Waals surface area contributed by atoms with E-state index in [0.29, 0.717) is 17.0 Å². The SMILES string of the molecule is COc1ccc(C)cc1NC(=O)CN(Cc1ccc(F)cc1)S(=O)(=O)c1ccccc1F. The standard InChI is InChI=1S/C23H22F2N2O4S/c1-16-7-12-21(31-2)20(13-16)26-23(28)15-27(14-17-8-10-18(24)11-9-17)32(29,30)22-6-4-3-5-19(22)25/h3-13H,14-15H2,1-2H3,(H,26,28). The molecule has 9 heteroatoms. The maximum Gasteiger partial charge on any atom is 0.246 e. The molecule has 0 aromatic heterocycles. The van der Waals surface area contributed by atoms with Gasteiger partial charge in [0.25, 0.3) is 0 Å². The lowest BCUT2D eigenvalue weighted by Crippen LogP contribution is -2.38. The van der Waals surface area contributed by atoms with Gasteiger partial charge in [0.05, 0.1) is 19.3 Å². The molecule has 0 aliphatic heterocycles. The van der Waals surface area contributed by atoms with Gasteiger partial charge in [-0.1, -0.05) is 30.3 Å². The molecule has 0 radical (unpaired) electrons. The maximum atomic E-state index is 14.3. The van der Waals surface area contributed by atoms with Crippen molar-refractivity contribution in [3.05, 3.63) is 89.5 Å². The number of methoxy groups -OCH3 is 1. The summed E-state index contributed by atoms with van der Waals surface area (Å²) in [4.78, 5) is 12.2. The van der Waals surface area contributed by atoms with Crippen LogP contribution < -0.4 is 10.1 Å². The molecule has 0 spiro atoms. The van der Waals surface area contributed by atoms with Crippen molar-refractivity contribution in [3.8, 4) is 5.75 Å². The van der Waals surface area contributed by atoms with Crippen LogP contribution in [0.5, 0.6) is 5.75 Å². The summed E-state index contributed by atoms with van der Waals surface area (Å²) < 4.78 is 60.0. The number of aryl methyl sites for hydroxylation is 1. The van der Waals surface area contributed by atoms with Gasteiger partial charge >= 0.3 is 0 Å².